The highest BCUT2D eigenvalue weighted by molar-refractivity contribution is 7.47. The number of aliphatic hydroxyl groups is 3. The second-order valence-corrected chi connectivity index (χ2v) is 18.2. The van der Waals surface area contributed by atoms with E-state index in [0.29, 0.717) is 12.8 Å². The third-order valence-corrected chi connectivity index (χ3v) is 10.5. The zero-order chi connectivity index (χ0) is 44.9. The van der Waals surface area contributed by atoms with Gasteiger partial charge in [-0.1, -0.05) is 153 Å². The summed E-state index contributed by atoms with van der Waals surface area (Å²) in [5.41, 5.74) is 0. The number of carbonyl (C=O) groups excluding carboxylic acids is 2. The lowest BCUT2D eigenvalue weighted by atomic mass is 10.0. The molecule has 0 heterocycles. The molecule has 60 heavy (non-hydrogen) atoms. The molecule has 0 aliphatic carbocycles. The average Bonchev–Trinajstić information content (AvgIpc) is 3.18. The number of ether oxygens (including phenoxy) is 2. The summed E-state index contributed by atoms with van der Waals surface area (Å²) in [5, 5.41) is 30.0. The van der Waals surface area contributed by atoms with E-state index in [9.17, 15) is 38.9 Å². The number of hydrogen-bond donors (Lipinski definition) is 6. The first kappa shape index (κ1) is 58.0. The van der Waals surface area contributed by atoms with Crippen LogP contribution < -0.4 is 0 Å². The number of phosphoric ester groups is 2. The number of rotatable bonds is 40. The second-order valence-electron chi connectivity index (χ2n) is 15.5. The lowest BCUT2D eigenvalue weighted by Gasteiger charge is -2.20. The Morgan fingerprint density at radius 1 is 0.583 bits per heavy atom. The lowest BCUT2D eigenvalue weighted by Crippen LogP contribution is -2.30. The minimum absolute atomic E-state index is 0.0651. The van der Waals surface area contributed by atoms with Crippen LogP contribution in [0.3, 0.4) is 0 Å². The van der Waals surface area contributed by atoms with Crippen LogP contribution in [0.4, 0.5) is 0 Å². The van der Waals surface area contributed by atoms with Crippen LogP contribution in [0.15, 0.2) is 48.6 Å². The van der Waals surface area contributed by atoms with Gasteiger partial charge in [-0.25, -0.2) is 9.13 Å². The molecule has 0 aromatic heterocycles. The monoisotopic (exact) mass is 896 g/mol. The van der Waals surface area contributed by atoms with Crippen LogP contribution in [0.1, 0.15) is 156 Å². The minimum atomic E-state index is -4.89. The molecule has 17 heteroatoms. The van der Waals surface area contributed by atoms with Crippen LogP contribution in [-0.4, -0.2) is 92.8 Å². The van der Waals surface area contributed by atoms with Gasteiger partial charge in [0.1, 0.15) is 12.7 Å². The summed E-state index contributed by atoms with van der Waals surface area (Å²) in [6.45, 7) is 3.71. The van der Waals surface area contributed by atoms with Crippen molar-refractivity contribution in [2.24, 2.45) is 5.92 Å². The Labute approximate surface area is 359 Å². The fraction of sp³-hybridized carbons (Fsp3) is 0.767. The fourth-order valence-corrected chi connectivity index (χ4v) is 6.82. The van der Waals surface area contributed by atoms with Crippen molar-refractivity contribution in [3.63, 3.8) is 0 Å². The van der Waals surface area contributed by atoms with E-state index in [0.717, 1.165) is 44.4 Å². The zero-order valence-corrected chi connectivity index (χ0v) is 38.2. The average molecular weight is 897 g/mol. The van der Waals surface area contributed by atoms with E-state index >= 15 is 0 Å². The molecular formula is C43H78O15P2. The summed E-state index contributed by atoms with van der Waals surface area (Å²) >= 11 is 0. The molecule has 0 rings (SSSR count). The van der Waals surface area contributed by atoms with E-state index < -0.39 is 78.4 Å². The molecule has 0 bridgehead atoms. The van der Waals surface area contributed by atoms with Gasteiger partial charge in [0.05, 0.1) is 32.0 Å². The summed E-state index contributed by atoms with van der Waals surface area (Å²) < 4.78 is 47.6. The van der Waals surface area contributed by atoms with E-state index in [-0.39, 0.29) is 25.7 Å². The van der Waals surface area contributed by atoms with Gasteiger partial charge in [-0.3, -0.25) is 23.2 Å². The SMILES string of the molecule is CCCCC/C=C\C[C@@H](O)/C=C/C=C/C=C\[C@@H](O)CCCC(=O)OC[C@H](COP(=O)(O)OC[C@@H](O)COP(=O)(O)O)OC(=O)CCCCCCCCCCCCCC(C)C. The maximum atomic E-state index is 12.7. The molecule has 0 radical (unpaired) electrons. The molecule has 15 nitrogen and oxygen atoms in total. The topological polar surface area (TPSA) is 236 Å². The van der Waals surface area contributed by atoms with Crippen molar-refractivity contribution in [2.75, 3.05) is 26.4 Å². The smallest absolute Gasteiger partial charge is 0.462 e. The molecule has 0 aliphatic rings. The van der Waals surface area contributed by atoms with Gasteiger partial charge in [-0.15, -0.1) is 0 Å². The first-order chi connectivity index (χ1) is 28.5. The number of carbonyl (C=O) groups is 2. The zero-order valence-electron chi connectivity index (χ0n) is 36.4. The van der Waals surface area contributed by atoms with Crippen LogP contribution >= 0.6 is 15.6 Å². The maximum absolute atomic E-state index is 12.7. The summed E-state index contributed by atoms with van der Waals surface area (Å²) in [6, 6.07) is 0. The Bertz CT molecular complexity index is 1300. The van der Waals surface area contributed by atoms with E-state index in [1.807, 2.05) is 6.08 Å². The highest BCUT2D eigenvalue weighted by Gasteiger charge is 2.28. The molecular weight excluding hydrogens is 818 g/mol. The minimum Gasteiger partial charge on any atom is -0.462 e. The normalized spacial score (nSPS) is 15.6. The van der Waals surface area contributed by atoms with Crippen LogP contribution in [0.2, 0.25) is 0 Å². The summed E-state index contributed by atoms with van der Waals surface area (Å²) in [5.74, 6) is -0.507. The number of allylic oxidation sites excluding steroid dienone is 5. The highest BCUT2D eigenvalue weighted by Crippen LogP contribution is 2.43. The largest absolute Gasteiger partial charge is 0.472 e. The second kappa shape index (κ2) is 37.5. The van der Waals surface area contributed by atoms with Gasteiger partial charge in [0.2, 0.25) is 0 Å². The van der Waals surface area contributed by atoms with Gasteiger partial charge in [-0.05, 0) is 44.4 Å². The number of phosphoric acid groups is 2. The Morgan fingerprint density at radius 2 is 1.13 bits per heavy atom. The van der Waals surface area contributed by atoms with Crippen LogP contribution in [0, 0.1) is 5.92 Å². The van der Waals surface area contributed by atoms with Crippen LogP contribution in [0.5, 0.6) is 0 Å². The third kappa shape index (κ3) is 41.4. The van der Waals surface area contributed by atoms with Crippen molar-refractivity contribution in [3.8, 4) is 0 Å². The summed E-state index contributed by atoms with van der Waals surface area (Å²) in [7, 11) is -9.75. The highest BCUT2D eigenvalue weighted by atomic mass is 31.2. The van der Waals surface area contributed by atoms with Crippen LogP contribution in [-0.2, 0) is 41.8 Å². The van der Waals surface area contributed by atoms with Gasteiger partial charge >= 0.3 is 27.6 Å². The Hall–Kier alpha value is -2.00. The van der Waals surface area contributed by atoms with Gasteiger partial charge in [0.25, 0.3) is 0 Å². The first-order valence-electron chi connectivity index (χ1n) is 21.9. The van der Waals surface area contributed by atoms with Crippen molar-refractivity contribution in [1.29, 1.82) is 0 Å². The van der Waals surface area contributed by atoms with Crippen molar-refractivity contribution >= 4 is 27.6 Å². The van der Waals surface area contributed by atoms with Crippen molar-refractivity contribution in [1.82, 2.24) is 0 Å². The Kier molecular flexibility index (Phi) is 36.3. The maximum Gasteiger partial charge on any atom is 0.472 e. The first-order valence-corrected chi connectivity index (χ1v) is 24.9. The van der Waals surface area contributed by atoms with E-state index in [1.165, 1.54) is 57.8 Å². The molecule has 0 saturated carbocycles. The molecule has 0 spiro atoms. The number of esters is 2. The predicted molar refractivity (Wildman–Crippen MR) is 233 cm³/mol. The van der Waals surface area contributed by atoms with Crippen LogP contribution in [0.25, 0.3) is 0 Å². The molecule has 6 N–H and O–H groups in total. The number of hydrogen-bond acceptors (Lipinski definition) is 12. The quantitative estimate of drug-likeness (QED) is 0.0111. The van der Waals surface area contributed by atoms with E-state index in [2.05, 4.69) is 35.9 Å². The lowest BCUT2D eigenvalue weighted by molar-refractivity contribution is -0.161. The van der Waals surface area contributed by atoms with Gasteiger partial charge in [-0.2, -0.15) is 0 Å². The van der Waals surface area contributed by atoms with Crippen molar-refractivity contribution in [3.05, 3.63) is 48.6 Å². The van der Waals surface area contributed by atoms with Crippen molar-refractivity contribution < 1.29 is 71.8 Å². The summed E-state index contributed by atoms with van der Waals surface area (Å²) in [6.07, 6.45) is 28.9. The molecule has 0 aromatic carbocycles. The number of unbranched alkanes of at least 4 members (excludes halogenated alkanes) is 13. The molecule has 350 valence electrons. The third-order valence-electron chi connectivity index (χ3n) is 9.08. The molecule has 1 unspecified atom stereocenters. The van der Waals surface area contributed by atoms with E-state index in [1.54, 1.807) is 36.5 Å². The van der Waals surface area contributed by atoms with Gasteiger partial charge < -0.3 is 39.5 Å². The fourth-order valence-electron chi connectivity index (χ4n) is 5.67. The molecule has 0 amide bonds. The van der Waals surface area contributed by atoms with Gasteiger partial charge in [0, 0.05) is 12.8 Å². The summed E-state index contributed by atoms with van der Waals surface area (Å²) in [4.78, 5) is 52.7. The van der Waals surface area contributed by atoms with Gasteiger partial charge in [0.15, 0.2) is 6.10 Å². The molecule has 0 aromatic rings. The molecule has 0 saturated heterocycles. The molecule has 5 atom stereocenters. The molecule has 0 aliphatic heterocycles. The molecule has 0 fully saturated rings. The Balaban J connectivity index is 4.76. The predicted octanol–water partition coefficient (Wildman–Crippen LogP) is 8.86. The Morgan fingerprint density at radius 3 is 1.73 bits per heavy atom. The van der Waals surface area contributed by atoms with E-state index in [4.69, 9.17) is 23.8 Å². The van der Waals surface area contributed by atoms with Crippen molar-refractivity contribution in [2.45, 2.75) is 180 Å². The number of aliphatic hydroxyl groups excluding tert-OH is 3. The standard InChI is InChI=1S/C43H78O15P2/c1-4-5-6-7-16-21-27-38(44)28-22-18-19-23-29-39(45)30-25-32-42(47)54-35-41(36-57-60(52,53)56-34-40(46)33-55-59(49,50)51)58-43(48)31-24-17-14-12-10-8-9-11-13-15-20-26-37(2)3/h16,18-19,21-23,28-29,37-41,44-46H,4-15,17,20,24-27,30-36H2,1-3H3,(H,52,53)(H2,49,50,51)/b19-18+,21-16-,28-22+,29-23-/t38-,39-,40+,41-/m1/s1.